The molecule has 1 aromatic heterocycles. The second kappa shape index (κ2) is 4.41. The van der Waals surface area contributed by atoms with Crippen molar-refractivity contribution in [1.29, 1.82) is 0 Å². The van der Waals surface area contributed by atoms with Gasteiger partial charge in [-0.15, -0.1) is 0 Å². The first-order valence-corrected chi connectivity index (χ1v) is 5.37. The zero-order valence-corrected chi connectivity index (χ0v) is 9.68. The van der Waals surface area contributed by atoms with E-state index >= 15 is 0 Å². The minimum atomic E-state index is -0.905. The van der Waals surface area contributed by atoms with Crippen molar-refractivity contribution in [2.24, 2.45) is 12.0 Å². The van der Waals surface area contributed by atoms with Gasteiger partial charge in [0.25, 0.3) is 0 Å². The third-order valence-corrected chi connectivity index (χ3v) is 2.88. The Kier molecular flexibility index (Phi) is 2.95. The van der Waals surface area contributed by atoms with Gasteiger partial charge in [0.1, 0.15) is 5.69 Å². The minimum Gasteiger partial charge on any atom is -0.477 e. The summed E-state index contributed by atoms with van der Waals surface area (Å²) in [6.45, 7) is 4.13. The summed E-state index contributed by atoms with van der Waals surface area (Å²) in [5, 5.41) is 9.98. The largest absolute Gasteiger partial charge is 0.477 e. The van der Waals surface area contributed by atoms with E-state index in [0.29, 0.717) is 12.2 Å². The van der Waals surface area contributed by atoms with Gasteiger partial charge in [0.15, 0.2) is 0 Å². The van der Waals surface area contributed by atoms with Gasteiger partial charge in [-0.1, -0.05) is 6.07 Å². The molecule has 88 valence electrons. The van der Waals surface area contributed by atoms with Crippen molar-refractivity contribution in [1.82, 2.24) is 4.57 Å². The lowest BCUT2D eigenvalue weighted by atomic mass is 10.1. The van der Waals surface area contributed by atoms with Crippen LogP contribution in [-0.4, -0.2) is 28.9 Å². The van der Waals surface area contributed by atoms with Crippen LogP contribution in [0.15, 0.2) is 29.3 Å². The van der Waals surface area contributed by atoms with Gasteiger partial charge >= 0.3 is 5.97 Å². The number of aryl methyl sites for hydroxylation is 1. The lowest BCUT2D eigenvalue weighted by molar-refractivity contribution is 0.0687. The lowest BCUT2D eigenvalue weighted by Crippen LogP contribution is -2.03. The molecule has 4 nitrogen and oxygen atoms in total. The number of benzene rings is 1. The smallest absolute Gasteiger partial charge is 0.352 e. The predicted molar refractivity (Wildman–Crippen MR) is 68.0 cm³/mol. The number of aromatic carboxylic acids is 1. The van der Waals surface area contributed by atoms with Crippen molar-refractivity contribution in [3.05, 3.63) is 35.5 Å². The van der Waals surface area contributed by atoms with Crippen molar-refractivity contribution < 1.29 is 9.90 Å². The summed E-state index contributed by atoms with van der Waals surface area (Å²) in [6.07, 6.45) is 0.830. The number of hydrogen-bond acceptors (Lipinski definition) is 2. The molecular formula is C13H14N2O2. The number of carboxylic acid groups (broad SMARTS) is 1. The molecule has 0 atom stereocenters. The summed E-state index contributed by atoms with van der Waals surface area (Å²) in [7, 11) is 1.76. The normalized spacial score (nSPS) is 10.6. The number of aromatic nitrogens is 1. The topological polar surface area (TPSA) is 54.6 Å². The average molecular weight is 230 g/mol. The van der Waals surface area contributed by atoms with Crippen LogP contribution in [0.25, 0.3) is 10.9 Å². The van der Waals surface area contributed by atoms with Crippen molar-refractivity contribution in [3.63, 3.8) is 0 Å². The maximum Gasteiger partial charge on any atom is 0.352 e. The molecule has 1 N–H and O–H groups in total. The Labute approximate surface area is 99.2 Å². The Morgan fingerprint density at radius 1 is 1.47 bits per heavy atom. The van der Waals surface area contributed by atoms with E-state index in [1.165, 1.54) is 0 Å². The summed E-state index contributed by atoms with van der Waals surface area (Å²) in [4.78, 5) is 14.8. The van der Waals surface area contributed by atoms with Crippen LogP contribution >= 0.6 is 0 Å². The molecule has 17 heavy (non-hydrogen) atoms. The van der Waals surface area contributed by atoms with Gasteiger partial charge in [0.2, 0.25) is 0 Å². The van der Waals surface area contributed by atoms with Crippen LogP contribution in [0.3, 0.4) is 0 Å². The number of fused-ring (bicyclic) bond motifs is 1. The number of carbonyl (C=O) groups is 1. The van der Waals surface area contributed by atoms with Crippen LogP contribution < -0.4 is 0 Å². The third-order valence-electron chi connectivity index (χ3n) is 2.88. The summed E-state index contributed by atoms with van der Waals surface area (Å²) in [5.41, 5.74) is 2.38. The van der Waals surface area contributed by atoms with Crippen LogP contribution in [-0.2, 0) is 13.5 Å². The molecule has 0 saturated carbocycles. The van der Waals surface area contributed by atoms with Crippen LogP contribution in [0.2, 0.25) is 0 Å². The second-order valence-electron chi connectivity index (χ2n) is 3.98. The highest BCUT2D eigenvalue weighted by Gasteiger charge is 2.11. The zero-order valence-electron chi connectivity index (χ0n) is 9.68. The van der Waals surface area contributed by atoms with Gasteiger partial charge < -0.3 is 14.7 Å². The van der Waals surface area contributed by atoms with E-state index in [-0.39, 0.29) is 0 Å². The Morgan fingerprint density at radius 2 is 2.24 bits per heavy atom. The fourth-order valence-corrected chi connectivity index (χ4v) is 1.97. The molecule has 2 aromatic rings. The van der Waals surface area contributed by atoms with Gasteiger partial charge in [-0.05, 0) is 36.9 Å². The summed E-state index contributed by atoms with van der Waals surface area (Å²) in [6, 6.07) is 7.65. The molecule has 1 heterocycles. The molecule has 0 amide bonds. The SMILES string of the molecule is C=NCCc1ccc2c(c1)cc(C(=O)O)n2C. The van der Waals surface area contributed by atoms with Gasteiger partial charge in [-0.3, -0.25) is 0 Å². The van der Waals surface area contributed by atoms with E-state index in [1.54, 1.807) is 17.7 Å². The molecule has 1 aromatic carbocycles. The van der Waals surface area contributed by atoms with Gasteiger partial charge in [0.05, 0.1) is 0 Å². The second-order valence-corrected chi connectivity index (χ2v) is 3.98. The number of hydrogen-bond donors (Lipinski definition) is 1. The molecule has 0 bridgehead atoms. The van der Waals surface area contributed by atoms with Gasteiger partial charge in [0, 0.05) is 24.5 Å². The van der Waals surface area contributed by atoms with Crippen molar-refractivity contribution >= 4 is 23.6 Å². The molecule has 0 fully saturated rings. The van der Waals surface area contributed by atoms with E-state index in [1.807, 2.05) is 18.2 Å². The summed E-state index contributed by atoms with van der Waals surface area (Å²) >= 11 is 0. The van der Waals surface area contributed by atoms with Gasteiger partial charge in [-0.2, -0.15) is 0 Å². The molecule has 0 spiro atoms. The highest BCUT2D eigenvalue weighted by atomic mass is 16.4. The first-order chi connectivity index (χ1) is 8.13. The average Bonchev–Trinajstić information content (AvgIpc) is 2.64. The Morgan fingerprint density at radius 3 is 2.88 bits per heavy atom. The quantitative estimate of drug-likeness (QED) is 0.818. The first-order valence-electron chi connectivity index (χ1n) is 5.37. The molecule has 0 aliphatic rings. The Hall–Kier alpha value is -2.10. The fourth-order valence-electron chi connectivity index (χ4n) is 1.97. The standard InChI is InChI=1S/C13H14N2O2/c1-14-6-5-9-3-4-11-10(7-9)8-12(13(16)17)15(11)2/h3-4,7-8H,1,5-6H2,2H3,(H,16,17). The highest BCUT2D eigenvalue weighted by Crippen LogP contribution is 2.20. The van der Waals surface area contributed by atoms with E-state index in [0.717, 1.165) is 22.9 Å². The number of carboxylic acids is 1. The maximum absolute atomic E-state index is 11.0. The minimum absolute atomic E-state index is 0.305. The third kappa shape index (κ3) is 2.06. The molecule has 0 aliphatic heterocycles. The Bertz CT molecular complexity index is 584. The number of nitrogens with zero attached hydrogens (tertiary/aromatic N) is 2. The maximum atomic E-state index is 11.0. The van der Waals surface area contributed by atoms with Gasteiger partial charge in [-0.25, -0.2) is 4.79 Å². The predicted octanol–water partition coefficient (Wildman–Crippen LogP) is 2.12. The molecule has 0 radical (unpaired) electrons. The molecule has 0 unspecified atom stereocenters. The Balaban J connectivity index is 2.48. The summed E-state index contributed by atoms with van der Waals surface area (Å²) in [5.74, 6) is -0.905. The molecule has 4 heteroatoms. The zero-order chi connectivity index (χ0) is 12.4. The monoisotopic (exact) mass is 230 g/mol. The van der Waals surface area contributed by atoms with E-state index in [2.05, 4.69) is 11.7 Å². The number of rotatable bonds is 4. The number of aliphatic imine (C=N–C) groups is 1. The lowest BCUT2D eigenvalue weighted by Gasteiger charge is -2.01. The van der Waals surface area contributed by atoms with Crippen molar-refractivity contribution in [2.45, 2.75) is 6.42 Å². The molecular weight excluding hydrogens is 216 g/mol. The fraction of sp³-hybridized carbons (Fsp3) is 0.231. The summed E-state index contributed by atoms with van der Waals surface area (Å²) < 4.78 is 1.69. The first kappa shape index (κ1) is 11.4. The van der Waals surface area contributed by atoms with E-state index < -0.39 is 5.97 Å². The highest BCUT2D eigenvalue weighted by molar-refractivity contribution is 5.94. The van der Waals surface area contributed by atoms with Crippen LogP contribution in [0.4, 0.5) is 0 Å². The molecule has 0 saturated heterocycles. The van der Waals surface area contributed by atoms with Crippen molar-refractivity contribution in [3.8, 4) is 0 Å². The molecule has 2 rings (SSSR count). The van der Waals surface area contributed by atoms with Crippen LogP contribution in [0, 0.1) is 0 Å². The van der Waals surface area contributed by atoms with Crippen LogP contribution in [0.5, 0.6) is 0 Å². The van der Waals surface area contributed by atoms with E-state index in [9.17, 15) is 4.79 Å². The van der Waals surface area contributed by atoms with Crippen molar-refractivity contribution in [2.75, 3.05) is 6.54 Å². The van der Waals surface area contributed by atoms with Crippen LogP contribution in [0.1, 0.15) is 16.1 Å². The van der Waals surface area contributed by atoms with E-state index in [4.69, 9.17) is 5.11 Å². The molecule has 0 aliphatic carbocycles.